The number of rotatable bonds is 7. The van der Waals surface area contributed by atoms with Crippen molar-refractivity contribution in [2.24, 2.45) is 5.92 Å². The van der Waals surface area contributed by atoms with Crippen LogP contribution in [-0.2, 0) is 13.1 Å². The van der Waals surface area contributed by atoms with Crippen LogP contribution in [0.2, 0.25) is 0 Å². The summed E-state index contributed by atoms with van der Waals surface area (Å²) in [6, 6.07) is 2.22. The third kappa shape index (κ3) is 5.07. The van der Waals surface area contributed by atoms with Gasteiger partial charge < -0.3 is 5.32 Å². The van der Waals surface area contributed by atoms with Crippen molar-refractivity contribution in [3.63, 3.8) is 0 Å². The summed E-state index contributed by atoms with van der Waals surface area (Å²) in [5.41, 5.74) is 1.25. The predicted molar refractivity (Wildman–Crippen MR) is 108 cm³/mol. The van der Waals surface area contributed by atoms with E-state index in [0.717, 1.165) is 31.3 Å². The molecule has 1 N–H and O–H groups in total. The fourth-order valence-electron chi connectivity index (χ4n) is 3.65. The maximum atomic E-state index is 12.5. The fraction of sp³-hybridized carbons (Fsp3) is 0.526. The molecule has 0 radical (unpaired) electrons. The van der Waals surface area contributed by atoms with E-state index in [1.165, 1.54) is 17.1 Å². The molecule has 0 aliphatic carbocycles. The molecule has 9 nitrogen and oxygen atoms in total. The molecule has 1 unspecified atom stereocenters. The Kier molecular flexibility index (Phi) is 6.89. The monoisotopic (exact) mass is 417 g/mol. The largest absolute Gasteiger partial charge is 0.321 e. The van der Waals surface area contributed by atoms with Gasteiger partial charge in [-0.3, -0.25) is 9.58 Å². The van der Waals surface area contributed by atoms with Crippen LogP contribution in [0.25, 0.3) is 11.0 Å². The Labute approximate surface area is 173 Å². The summed E-state index contributed by atoms with van der Waals surface area (Å²) in [5, 5.41) is 21.1. The summed E-state index contributed by atoms with van der Waals surface area (Å²) >= 11 is 0. The van der Waals surface area contributed by atoms with Crippen molar-refractivity contribution in [3.8, 4) is 6.07 Å². The molecular formula is C19H25F2N9. The highest BCUT2D eigenvalue weighted by atomic mass is 19.3. The van der Waals surface area contributed by atoms with Gasteiger partial charge in [-0.05, 0) is 25.3 Å². The molecule has 1 aliphatic heterocycles. The summed E-state index contributed by atoms with van der Waals surface area (Å²) in [4.78, 5) is 11.0. The average Bonchev–Trinajstić information content (AvgIpc) is 3.29. The lowest BCUT2D eigenvalue weighted by Gasteiger charge is -2.30. The zero-order valence-corrected chi connectivity index (χ0v) is 15.7. The number of piperidine rings is 1. The maximum absolute atomic E-state index is 12.5. The van der Waals surface area contributed by atoms with E-state index in [4.69, 9.17) is 5.26 Å². The van der Waals surface area contributed by atoms with E-state index in [9.17, 15) is 8.78 Å². The van der Waals surface area contributed by atoms with Crippen molar-refractivity contribution in [1.29, 1.82) is 5.26 Å². The van der Waals surface area contributed by atoms with Crippen LogP contribution in [0.5, 0.6) is 0 Å². The summed E-state index contributed by atoms with van der Waals surface area (Å²) < 4.78 is 28.0. The number of alkyl halides is 2. The zero-order chi connectivity index (χ0) is 20.2. The quantitative estimate of drug-likeness (QED) is 0.590. The molecule has 3 aromatic heterocycles. The minimum Gasteiger partial charge on any atom is -0.321 e. The summed E-state index contributed by atoms with van der Waals surface area (Å²) in [6.07, 6.45) is 6.05. The van der Waals surface area contributed by atoms with Crippen LogP contribution < -0.4 is 5.32 Å². The standard InChI is InChI=1S/C18H21F2N9.CH4/c19-16(20)12-28-11-15(8-23-28)25-18-22-6-14-7-24-29(17(14)26-18)10-13-2-1-4-27(9-13)5-3-21;/h6-8,11,13,16H,1-2,4-5,9-10,12H2,(H,22,25,26);1H4. The number of hydrogen-bond acceptors (Lipinski definition) is 7. The Balaban J connectivity index is 0.00000256. The Hall–Kier alpha value is -3.13. The van der Waals surface area contributed by atoms with Crippen molar-refractivity contribution in [1.82, 2.24) is 34.4 Å². The second-order valence-electron chi connectivity index (χ2n) is 7.17. The smallest absolute Gasteiger partial charge is 0.257 e. The number of aromatic nitrogens is 6. The molecule has 0 aromatic carbocycles. The molecular weight excluding hydrogens is 392 g/mol. The van der Waals surface area contributed by atoms with Crippen LogP contribution in [0.15, 0.2) is 24.8 Å². The van der Waals surface area contributed by atoms with Gasteiger partial charge >= 0.3 is 0 Å². The molecule has 0 bridgehead atoms. The lowest BCUT2D eigenvalue weighted by atomic mass is 9.98. The van der Waals surface area contributed by atoms with Gasteiger partial charge in [0.05, 0.1) is 36.1 Å². The first-order valence-corrected chi connectivity index (χ1v) is 9.46. The van der Waals surface area contributed by atoms with Gasteiger partial charge in [-0.15, -0.1) is 0 Å². The topological polar surface area (TPSA) is 100 Å². The van der Waals surface area contributed by atoms with Crippen molar-refractivity contribution in [2.45, 2.75) is 39.8 Å². The van der Waals surface area contributed by atoms with Crippen molar-refractivity contribution in [2.75, 3.05) is 25.0 Å². The van der Waals surface area contributed by atoms with Gasteiger partial charge in [0.15, 0.2) is 5.65 Å². The summed E-state index contributed by atoms with van der Waals surface area (Å²) in [5.74, 6) is 0.754. The van der Waals surface area contributed by atoms with Gasteiger partial charge in [-0.2, -0.15) is 20.4 Å². The van der Waals surface area contributed by atoms with Crippen LogP contribution >= 0.6 is 0 Å². The number of likely N-dealkylation sites (tertiary alicyclic amines) is 1. The second kappa shape index (κ2) is 9.58. The van der Waals surface area contributed by atoms with E-state index in [-0.39, 0.29) is 7.43 Å². The van der Waals surface area contributed by atoms with E-state index in [1.807, 2.05) is 4.68 Å². The van der Waals surface area contributed by atoms with Crippen LogP contribution in [0.3, 0.4) is 0 Å². The molecule has 1 atom stereocenters. The van der Waals surface area contributed by atoms with E-state index < -0.39 is 13.0 Å². The van der Waals surface area contributed by atoms with E-state index in [1.54, 1.807) is 12.4 Å². The number of hydrogen-bond donors (Lipinski definition) is 1. The van der Waals surface area contributed by atoms with E-state index in [2.05, 4.69) is 36.5 Å². The molecule has 0 saturated carbocycles. The highest BCUT2D eigenvalue weighted by Gasteiger charge is 2.21. The molecule has 30 heavy (non-hydrogen) atoms. The molecule has 4 rings (SSSR count). The average molecular weight is 417 g/mol. The SMILES string of the molecule is C.N#CCN1CCCC(Cn2ncc3cnc(Nc4cnn(CC(F)F)c4)nc32)C1. The second-order valence-corrected chi connectivity index (χ2v) is 7.17. The Bertz CT molecular complexity index is 1010. The van der Waals surface area contributed by atoms with Gasteiger partial charge in [0.25, 0.3) is 6.43 Å². The Morgan fingerprint density at radius 3 is 2.93 bits per heavy atom. The van der Waals surface area contributed by atoms with Crippen molar-refractivity contribution in [3.05, 3.63) is 24.8 Å². The molecule has 3 aromatic rings. The minimum atomic E-state index is -2.46. The first-order chi connectivity index (χ1) is 14.1. The van der Waals surface area contributed by atoms with E-state index in [0.29, 0.717) is 36.3 Å². The Morgan fingerprint density at radius 1 is 1.27 bits per heavy atom. The van der Waals surface area contributed by atoms with Gasteiger partial charge in [0.1, 0.15) is 6.54 Å². The number of halogens is 2. The summed E-state index contributed by atoms with van der Waals surface area (Å²) in [6.45, 7) is 2.53. The van der Waals surface area contributed by atoms with E-state index >= 15 is 0 Å². The maximum Gasteiger partial charge on any atom is 0.257 e. The molecule has 0 amide bonds. The first-order valence-electron chi connectivity index (χ1n) is 9.46. The molecule has 1 fully saturated rings. The number of nitrogens with zero attached hydrogens (tertiary/aromatic N) is 8. The normalized spacial score (nSPS) is 17.1. The first kappa shape index (κ1) is 21.6. The Morgan fingerprint density at radius 2 is 2.13 bits per heavy atom. The molecule has 4 heterocycles. The number of fused-ring (bicyclic) bond motifs is 1. The number of nitrogens with one attached hydrogen (secondary N) is 1. The van der Waals surface area contributed by atoms with Gasteiger partial charge in [0.2, 0.25) is 5.95 Å². The lowest BCUT2D eigenvalue weighted by molar-refractivity contribution is 0.122. The third-order valence-corrected chi connectivity index (χ3v) is 4.92. The molecule has 1 aliphatic rings. The lowest BCUT2D eigenvalue weighted by Crippen LogP contribution is -2.37. The minimum absolute atomic E-state index is 0. The van der Waals surface area contributed by atoms with Crippen LogP contribution in [0.1, 0.15) is 20.3 Å². The number of anilines is 2. The fourth-order valence-corrected chi connectivity index (χ4v) is 3.65. The summed E-state index contributed by atoms with van der Waals surface area (Å²) in [7, 11) is 0. The molecule has 11 heteroatoms. The van der Waals surface area contributed by atoms with Gasteiger partial charge in [0, 0.05) is 25.5 Å². The van der Waals surface area contributed by atoms with Gasteiger partial charge in [-0.25, -0.2) is 18.4 Å². The molecule has 0 spiro atoms. The molecule has 1 saturated heterocycles. The predicted octanol–water partition coefficient (Wildman–Crippen LogP) is 2.90. The molecule has 160 valence electrons. The van der Waals surface area contributed by atoms with Gasteiger partial charge in [-0.1, -0.05) is 7.43 Å². The highest BCUT2D eigenvalue weighted by Crippen LogP contribution is 2.21. The highest BCUT2D eigenvalue weighted by molar-refractivity contribution is 5.75. The van der Waals surface area contributed by atoms with Crippen LogP contribution in [-0.4, -0.2) is 60.5 Å². The zero-order valence-electron chi connectivity index (χ0n) is 15.7. The van der Waals surface area contributed by atoms with Crippen LogP contribution in [0, 0.1) is 17.2 Å². The van der Waals surface area contributed by atoms with Crippen LogP contribution in [0.4, 0.5) is 20.4 Å². The van der Waals surface area contributed by atoms with Crippen molar-refractivity contribution >= 4 is 22.7 Å². The third-order valence-electron chi connectivity index (χ3n) is 4.92. The van der Waals surface area contributed by atoms with Crippen molar-refractivity contribution < 1.29 is 8.78 Å². The number of nitriles is 1.